The molecule has 3 heterocycles. The van der Waals surface area contributed by atoms with Crippen LogP contribution in [0.2, 0.25) is 0 Å². The summed E-state index contributed by atoms with van der Waals surface area (Å²) in [6.45, 7) is 1.90. The molecule has 2 aromatic rings. The predicted molar refractivity (Wildman–Crippen MR) is 107 cm³/mol. The molecule has 0 aromatic carbocycles. The highest BCUT2D eigenvalue weighted by atomic mass is 35.5. The van der Waals surface area contributed by atoms with Crippen LogP contribution in [-0.4, -0.2) is 52.9 Å². The van der Waals surface area contributed by atoms with Gasteiger partial charge in [0.25, 0.3) is 5.56 Å². The maximum absolute atomic E-state index is 13.0. The van der Waals surface area contributed by atoms with Crippen molar-refractivity contribution < 1.29 is 8.42 Å². The first kappa shape index (κ1) is 21.0. The van der Waals surface area contributed by atoms with E-state index in [1.54, 1.807) is 0 Å². The van der Waals surface area contributed by atoms with Gasteiger partial charge in [0.2, 0.25) is 10.0 Å². The summed E-state index contributed by atoms with van der Waals surface area (Å²) in [4.78, 5) is 29.9. The SMILES string of the molecule is Cl.Cn1c(=O)[nH]c(=O)c2cc(S(=O)(=O)N3CCC(NCC4CC4)CC3)cnc21. The third-order valence-corrected chi connectivity index (χ3v) is 7.28. The van der Waals surface area contributed by atoms with Gasteiger partial charge in [-0.15, -0.1) is 12.4 Å². The Morgan fingerprint density at radius 2 is 1.89 bits per heavy atom. The van der Waals surface area contributed by atoms with Gasteiger partial charge in [-0.25, -0.2) is 18.2 Å². The molecule has 1 aliphatic carbocycles. The van der Waals surface area contributed by atoms with E-state index in [0.29, 0.717) is 19.1 Å². The van der Waals surface area contributed by atoms with E-state index >= 15 is 0 Å². The van der Waals surface area contributed by atoms with Gasteiger partial charge in [0.15, 0.2) is 0 Å². The fourth-order valence-electron chi connectivity index (χ4n) is 3.46. The summed E-state index contributed by atoms with van der Waals surface area (Å²) >= 11 is 0. The molecule has 1 saturated carbocycles. The van der Waals surface area contributed by atoms with Crippen molar-refractivity contribution in [1.82, 2.24) is 24.2 Å². The molecule has 0 radical (unpaired) electrons. The summed E-state index contributed by atoms with van der Waals surface area (Å²) in [5.41, 5.74) is -1.07. The molecule has 1 saturated heterocycles. The molecule has 0 spiro atoms. The third-order valence-electron chi connectivity index (χ3n) is 5.41. The monoisotopic (exact) mass is 429 g/mol. The third kappa shape index (κ3) is 4.00. The summed E-state index contributed by atoms with van der Waals surface area (Å²) in [5.74, 6) is 0.796. The Kier molecular flexibility index (Phi) is 5.95. The normalized spacial score (nSPS) is 18.9. The number of nitrogens with zero attached hydrogens (tertiary/aromatic N) is 3. The van der Waals surface area contributed by atoms with Crippen molar-refractivity contribution in [3.05, 3.63) is 33.1 Å². The zero-order valence-corrected chi connectivity index (χ0v) is 17.2. The molecule has 154 valence electrons. The Morgan fingerprint density at radius 3 is 2.54 bits per heavy atom. The fourth-order valence-corrected chi connectivity index (χ4v) is 4.91. The van der Waals surface area contributed by atoms with Gasteiger partial charge in [-0.2, -0.15) is 4.31 Å². The summed E-state index contributed by atoms with van der Waals surface area (Å²) in [6.07, 6.45) is 5.33. The van der Waals surface area contributed by atoms with Gasteiger partial charge in [-0.1, -0.05) is 0 Å². The largest absolute Gasteiger partial charge is 0.329 e. The molecule has 0 amide bonds. The number of nitrogens with one attached hydrogen (secondary N) is 2. The first-order valence-electron chi connectivity index (χ1n) is 9.19. The van der Waals surface area contributed by atoms with Gasteiger partial charge in [0.1, 0.15) is 10.5 Å². The van der Waals surface area contributed by atoms with Crippen molar-refractivity contribution in [2.45, 2.75) is 36.6 Å². The Hall–Kier alpha value is -1.75. The second-order valence-corrected chi connectivity index (χ2v) is 9.33. The number of hydrogen-bond acceptors (Lipinski definition) is 6. The van der Waals surface area contributed by atoms with E-state index < -0.39 is 21.3 Å². The minimum atomic E-state index is -3.73. The minimum absolute atomic E-state index is 0. The molecule has 0 unspecified atom stereocenters. The van der Waals surface area contributed by atoms with E-state index in [1.165, 1.54) is 41.0 Å². The number of aromatic nitrogens is 3. The lowest BCUT2D eigenvalue weighted by atomic mass is 10.1. The van der Waals surface area contributed by atoms with E-state index in [-0.39, 0.29) is 28.3 Å². The van der Waals surface area contributed by atoms with Crippen LogP contribution in [0.1, 0.15) is 25.7 Å². The molecule has 28 heavy (non-hydrogen) atoms. The molecule has 0 atom stereocenters. The van der Waals surface area contributed by atoms with E-state index in [4.69, 9.17) is 0 Å². The number of H-pyrrole nitrogens is 1. The molecule has 11 heteroatoms. The highest BCUT2D eigenvalue weighted by Crippen LogP contribution is 2.28. The molecule has 9 nitrogen and oxygen atoms in total. The van der Waals surface area contributed by atoms with Gasteiger partial charge in [0.05, 0.1) is 5.39 Å². The van der Waals surface area contributed by atoms with Crippen molar-refractivity contribution in [3.63, 3.8) is 0 Å². The minimum Gasteiger partial charge on any atom is -0.314 e. The number of fused-ring (bicyclic) bond motifs is 1. The first-order chi connectivity index (χ1) is 12.9. The van der Waals surface area contributed by atoms with Crippen LogP contribution in [0.15, 0.2) is 26.7 Å². The average Bonchev–Trinajstić information content (AvgIpc) is 3.49. The maximum Gasteiger partial charge on any atom is 0.329 e. The van der Waals surface area contributed by atoms with Crippen LogP contribution < -0.4 is 16.6 Å². The summed E-state index contributed by atoms with van der Waals surface area (Å²) in [6, 6.07) is 1.65. The molecule has 1 aliphatic heterocycles. The summed E-state index contributed by atoms with van der Waals surface area (Å²) in [7, 11) is -2.26. The lowest BCUT2D eigenvalue weighted by molar-refractivity contribution is 0.288. The van der Waals surface area contributed by atoms with Crippen LogP contribution in [0.3, 0.4) is 0 Å². The van der Waals surface area contributed by atoms with E-state index in [9.17, 15) is 18.0 Å². The van der Waals surface area contributed by atoms with E-state index in [0.717, 1.165) is 25.3 Å². The van der Waals surface area contributed by atoms with Gasteiger partial charge >= 0.3 is 5.69 Å². The number of pyridine rings is 1. The topological polar surface area (TPSA) is 117 Å². The predicted octanol–water partition coefficient (Wildman–Crippen LogP) is 0.196. The highest BCUT2D eigenvalue weighted by Gasteiger charge is 2.31. The Bertz CT molecular complexity index is 1080. The van der Waals surface area contributed by atoms with Gasteiger partial charge in [0, 0.05) is 32.4 Å². The lowest BCUT2D eigenvalue weighted by Gasteiger charge is -2.31. The van der Waals surface area contributed by atoms with E-state index in [1.807, 2.05) is 0 Å². The number of rotatable bonds is 5. The van der Waals surface area contributed by atoms with Crippen LogP contribution in [0.4, 0.5) is 0 Å². The first-order valence-corrected chi connectivity index (χ1v) is 10.6. The van der Waals surface area contributed by atoms with Gasteiger partial charge < -0.3 is 5.32 Å². The zero-order valence-electron chi connectivity index (χ0n) is 15.6. The van der Waals surface area contributed by atoms with Crippen LogP contribution in [-0.2, 0) is 17.1 Å². The zero-order chi connectivity index (χ0) is 19.2. The molecule has 2 aliphatic rings. The Morgan fingerprint density at radius 1 is 1.21 bits per heavy atom. The fraction of sp³-hybridized carbons (Fsp3) is 0.588. The van der Waals surface area contributed by atoms with Crippen molar-refractivity contribution >= 4 is 33.5 Å². The number of hydrogen-bond donors (Lipinski definition) is 2. The van der Waals surface area contributed by atoms with Crippen molar-refractivity contribution in [2.75, 3.05) is 19.6 Å². The Balaban J connectivity index is 0.00000225. The van der Waals surface area contributed by atoms with Gasteiger partial charge in [-0.3, -0.25) is 14.3 Å². The molecule has 4 rings (SSSR count). The van der Waals surface area contributed by atoms with Crippen LogP contribution in [0, 0.1) is 5.92 Å². The van der Waals surface area contributed by atoms with Crippen LogP contribution in [0.25, 0.3) is 11.0 Å². The maximum atomic E-state index is 13.0. The lowest BCUT2D eigenvalue weighted by Crippen LogP contribution is -2.45. The van der Waals surface area contributed by atoms with Gasteiger partial charge in [-0.05, 0) is 44.2 Å². The van der Waals surface area contributed by atoms with Crippen molar-refractivity contribution in [1.29, 1.82) is 0 Å². The number of aryl methyl sites for hydroxylation is 1. The van der Waals surface area contributed by atoms with Crippen molar-refractivity contribution in [2.24, 2.45) is 13.0 Å². The van der Waals surface area contributed by atoms with E-state index in [2.05, 4.69) is 15.3 Å². The second-order valence-electron chi connectivity index (χ2n) is 7.39. The molecule has 2 N–H and O–H groups in total. The number of sulfonamides is 1. The highest BCUT2D eigenvalue weighted by molar-refractivity contribution is 7.89. The van der Waals surface area contributed by atoms with Crippen LogP contribution in [0.5, 0.6) is 0 Å². The number of halogens is 1. The molecular formula is C17H24ClN5O4S. The number of piperidine rings is 1. The van der Waals surface area contributed by atoms with Crippen molar-refractivity contribution in [3.8, 4) is 0 Å². The molecule has 2 aromatic heterocycles. The second kappa shape index (κ2) is 7.94. The molecule has 2 fully saturated rings. The standard InChI is InChI=1S/C17H23N5O4S.ClH/c1-21-15-14(16(23)20-17(21)24)8-13(10-19-15)27(25,26)22-6-4-12(5-7-22)18-9-11-2-3-11;/h8,10-12,18H,2-7,9H2,1H3,(H,20,23,24);1H. The smallest absolute Gasteiger partial charge is 0.314 e. The molecular weight excluding hydrogens is 406 g/mol. The summed E-state index contributed by atoms with van der Waals surface area (Å²) in [5, 5.41) is 3.61. The van der Waals surface area contributed by atoms with Crippen LogP contribution >= 0.6 is 12.4 Å². The quantitative estimate of drug-likeness (QED) is 0.701. The average molecular weight is 430 g/mol. The Labute approximate surface area is 168 Å². The summed E-state index contributed by atoms with van der Waals surface area (Å²) < 4.78 is 28.6. The molecule has 0 bridgehead atoms. The number of aromatic amines is 1.